The van der Waals surface area contributed by atoms with Crippen molar-refractivity contribution in [1.29, 1.82) is 0 Å². The Hall–Kier alpha value is -3.92. The number of ether oxygens (including phenoxy) is 2. The number of benzene rings is 1. The summed E-state index contributed by atoms with van der Waals surface area (Å²) in [6.07, 6.45) is 4.28. The highest BCUT2D eigenvalue weighted by Crippen LogP contribution is 2.42. The number of nitrogens with zero attached hydrogens (tertiary/aromatic N) is 6. The van der Waals surface area contributed by atoms with Gasteiger partial charge in [0.1, 0.15) is 23.7 Å². The van der Waals surface area contributed by atoms with Crippen LogP contribution in [0.5, 0.6) is 11.5 Å². The van der Waals surface area contributed by atoms with Gasteiger partial charge >= 0.3 is 0 Å². The monoisotopic (exact) mass is 501 g/mol. The summed E-state index contributed by atoms with van der Waals surface area (Å²) >= 11 is 0. The summed E-state index contributed by atoms with van der Waals surface area (Å²) in [6.45, 7) is 5.32. The second-order valence-corrected chi connectivity index (χ2v) is 9.93. The Kier molecular flexibility index (Phi) is 5.35. The molecule has 1 saturated heterocycles. The van der Waals surface area contributed by atoms with Crippen molar-refractivity contribution < 1.29 is 13.9 Å². The van der Waals surface area contributed by atoms with Gasteiger partial charge in [0.05, 0.1) is 13.2 Å². The van der Waals surface area contributed by atoms with E-state index in [4.69, 9.17) is 14.5 Å². The Labute approximate surface area is 213 Å². The lowest BCUT2D eigenvalue weighted by atomic mass is 9.92. The molecule has 0 saturated carbocycles. The van der Waals surface area contributed by atoms with E-state index in [-0.39, 0.29) is 11.7 Å². The quantitative estimate of drug-likeness (QED) is 0.447. The maximum Gasteiger partial charge on any atom is 0.170 e. The average molecular weight is 502 g/mol. The number of nitrogens with one attached hydrogen (secondary N) is 1. The number of hydrogen-bond acceptors (Lipinski definition) is 8. The van der Waals surface area contributed by atoms with Crippen LogP contribution in [0.4, 0.5) is 16.0 Å². The maximum atomic E-state index is 14.9. The number of halogens is 1. The third-order valence-corrected chi connectivity index (χ3v) is 7.69. The van der Waals surface area contributed by atoms with Crippen LogP contribution in [-0.2, 0) is 6.54 Å². The molecule has 37 heavy (non-hydrogen) atoms. The van der Waals surface area contributed by atoms with Gasteiger partial charge in [-0.15, -0.1) is 10.2 Å². The number of piperazine rings is 1. The Balaban J connectivity index is 1.25. The Morgan fingerprint density at radius 2 is 1.95 bits per heavy atom. The van der Waals surface area contributed by atoms with Crippen molar-refractivity contribution >= 4 is 17.3 Å². The van der Waals surface area contributed by atoms with Crippen LogP contribution in [0, 0.1) is 5.82 Å². The van der Waals surface area contributed by atoms with Gasteiger partial charge in [0.15, 0.2) is 17.2 Å². The predicted octanol–water partition coefficient (Wildman–Crippen LogP) is 3.55. The van der Waals surface area contributed by atoms with E-state index in [0.29, 0.717) is 42.5 Å². The molecule has 4 aromatic rings. The fourth-order valence-corrected chi connectivity index (χ4v) is 5.58. The average Bonchev–Trinajstić information content (AvgIpc) is 3.57. The van der Waals surface area contributed by atoms with Crippen LogP contribution >= 0.6 is 0 Å². The Morgan fingerprint density at radius 3 is 2.78 bits per heavy atom. The maximum absolute atomic E-state index is 14.9. The zero-order valence-electron chi connectivity index (χ0n) is 20.7. The number of pyridine rings is 2. The first-order valence-electron chi connectivity index (χ1n) is 12.7. The van der Waals surface area contributed by atoms with E-state index in [1.54, 1.807) is 12.4 Å². The van der Waals surface area contributed by atoms with E-state index in [0.717, 1.165) is 60.9 Å². The van der Waals surface area contributed by atoms with E-state index >= 15 is 0 Å². The number of likely N-dealkylation sites (N-methyl/N-ethyl adjacent to an activating group) is 1. The molecule has 3 aromatic heterocycles. The molecule has 6 heterocycles. The van der Waals surface area contributed by atoms with Gasteiger partial charge in [-0.25, -0.2) is 9.37 Å². The van der Waals surface area contributed by atoms with Crippen LogP contribution in [-0.4, -0.2) is 70.9 Å². The van der Waals surface area contributed by atoms with Gasteiger partial charge in [-0.1, -0.05) is 0 Å². The highest BCUT2D eigenvalue weighted by atomic mass is 19.1. The minimum absolute atomic E-state index is 0.105. The summed E-state index contributed by atoms with van der Waals surface area (Å²) in [7, 11) is 2.15. The smallest absolute Gasteiger partial charge is 0.170 e. The molecule has 190 valence electrons. The molecule has 9 nitrogen and oxygen atoms in total. The molecule has 0 amide bonds. The SMILES string of the molecule is CN1CCN(c2ccc(-c3cc4c(n5cnnc35)NCc3c(F)ccc5c3[C@@H](CCO4)CO5)cn2)CC1. The van der Waals surface area contributed by atoms with Crippen molar-refractivity contribution in [3.8, 4) is 22.6 Å². The molecule has 3 aliphatic rings. The van der Waals surface area contributed by atoms with Crippen molar-refractivity contribution in [3.05, 3.63) is 59.8 Å². The molecule has 7 rings (SSSR count). The molecule has 1 aromatic carbocycles. The van der Waals surface area contributed by atoms with Gasteiger partial charge in [0, 0.05) is 67.1 Å². The molecular weight excluding hydrogens is 473 g/mol. The van der Waals surface area contributed by atoms with Gasteiger partial charge in [0.25, 0.3) is 0 Å². The van der Waals surface area contributed by atoms with Crippen molar-refractivity contribution in [2.24, 2.45) is 0 Å². The van der Waals surface area contributed by atoms with Gasteiger partial charge in [-0.05, 0) is 43.8 Å². The van der Waals surface area contributed by atoms with E-state index in [2.05, 4.69) is 44.5 Å². The molecule has 0 bridgehead atoms. The van der Waals surface area contributed by atoms with E-state index in [1.807, 2.05) is 16.7 Å². The Bertz CT molecular complexity index is 1460. The number of hydrogen-bond donors (Lipinski definition) is 1. The molecule has 0 unspecified atom stereocenters. The summed E-state index contributed by atoms with van der Waals surface area (Å²) in [5.74, 6) is 2.98. The lowest BCUT2D eigenvalue weighted by Gasteiger charge is -2.33. The van der Waals surface area contributed by atoms with Crippen molar-refractivity contribution in [2.45, 2.75) is 18.9 Å². The van der Waals surface area contributed by atoms with Crippen LogP contribution < -0.4 is 19.7 Å². The first kappa shape index (κ1) is 22.3. The first-order valence-corrected chi connectivity index (χ1v) is 12.7. The third-order valence-electron chi connectivity index (χ3n) is 7.69. The fraction of sp³-hybridized carbons (Fsp3) is 0.370. The molecule has 1 atom stereocenters. The summed E-state index contributed by atoms with van der Waals surface area (Å²) in [5, 5.41) is 12.0. The summed E-state index contributed by atoms with van der Waals surface area (Å²) in [5.41, 5.74) is 4.08. The first-order chi connectivity index (χ1) is 18.2. The summed E-state index contributed by atoms with van der Waals surface area (Å²) in [6, 6.07) is 9.34. The van der Waals surface area contributed by atoms with Crippen molar-refractivity contribution in [3.63, 3.8) is 0 Å². The van der Waals surface area contributed by atoms with Crippen LogP contribution in [0.1, 0.15) is 23.5 Å². The standard InChI is InChI=1S/C27H28FN7O2/c1-33-7-9-34(10-8-33)24-5-2-17(13-29-24)19-12-23-27(35-16-31-32-26(19)35)30-14-20-21(28)3-4-22-25(20)18(15-37-22)6-11-36-23/h2-5,12-13,16,18,30H,6-11,14-15H2,1H3/t18-/m0/s1. The van der Waals surface area contributed by atoms with E-state index in [9.17, 15) is 4.39 Å². The van der Waals surface area contributed by atoms with Crippen LogP contribution in [0.15, 0.2) is 42.9 Å². The van der Waals surface area contributed by atoms with E-state index in [1.165, 1.54) is 6.07 Å². The number of fused-ring (bicyclic) bond motifs is 3. The highest BCUT2D eigenvalue weighted by molar-refractivity contribution is 5.82. The zero-order chi connectivity index (χ0) is 24.9. The van der Waals surface area contributed by atoms with Crippen LogP contribution in [0.3, 0.4) is 0 Å². The number of anilines is 2. The third kappa shape index (κ3) is 3.83. The number of aromatic nitrogens is 4. The lowest BCUT2D eigenvalue weighted by molar-refractivity contribution is 0.270. The zero-order valence-corrected chi connectivity index (χ0v) is 20.7. The van der Waals surface area contributed by atoms with Gasteiger partial charge in [-0.3, -0.25) is 4.40 Å². The van der Waals surface area contributed by atoms with Crippen LogP contribution in [0.2, 0.25) is 0 Å². The topological polar surface area (TPSA) is 80.1 Å². The number of rotatable bonds is 2. The van der Waals surface area contributed by atoms with Gasteiger partial charge < -0.3 is 24.6 Å². The summed E-state index contributed by atoms with van der Waals surface area (Å²) in [4.78, 5) is 9.41. The normalized spacial score (nSPS) is 19.5. The fourth-order valence-electron chi connectivity index (χ4n) is 5.58. The molecule has 1 N–H and O–H groups in total. The lowest BCUT2D eigenvalue weighted by Crippen LogP contribution is -2.44. The van der Waals surface area contributed by atoms with Gasteiger partial charge in [0.2, 0.25) is 0 Å². The Morgan fingerprint density at radius 1 is 1.05 bits per heavy atom. The molecule has 3 aliphatic heterocycles. The summed E-state index contributed by atoms with van der Waals surface area (Å²) < 4.78 is 29.0. The van der Waals surface area contributed by atoms with Crippen molar-refractivity contribution in [2.75, 3.05) is 56.7 Å². The minimum atomic E-state index is -0.229. The highest BCUT2D eigenvalue weighted by Gasteiger charge is 2.30. The van der Waals surface area contributed by atoms with Gasteiger partial charge in [-0.2, -0.15) is 0 Å². The molecule has 0 aliphatic carbocycles. The van der Waals surface area contributed by atoms with Crippen molar-refractivity contribution in [1.82, 2.24) is 24.5 Å². The molecule has 0 radical (unpaired) electrons. The second-order valence-electron chi connectivity index (χ2n) is 9.93. The second kappa shape index (κ2) is 8.88. The molecule has 10 heteroatoms. The molecular formula is C27H28FN7O2. The van der Waals surface area contributed by atoms with E-state index < -0.39 is 0 Å². The molecule has 1 fully saturated rings. The minimum Gasteiger partial charge on any atom is -0.493 e. The molecule has 0 spiro atoms. The van der Waals surface area contributed by atoms with Crippen LogP contribution in [0.25, 0.3) is 16.8 Å². The largest absolute Gasteiger partial charge is 0.493 e. The predicted molar refractivity (Wildman–Crippen MR) is 138 cm³/mol.